The summed E-state index contributed by atoms with van der Waals surface area (Å²) in [5, 5.41) is 0. The second kappa shape index (κ2) is 6.11. The number of benzene rings is 1. The van der Waals surface area contributed by atoms with Crippen LogP contribution in [0.5, 0.6) is 0 Å². The Balaban J connectivity index is 2.15. The summed E-state index contributed by atoms with van der Waals surface area (Å²) in [4.78, 5) is 0.268. The number of hydrogen-bond acceptors (Lipinski definition) is 4. The van der Waals surface area contributed by atoms with E-state index in [4.69, 9.17) is 10.5 Å². The minimum Gasteiger partial charge on any atom is -0.399 e. The average Bonchev–Trinajstić information content (AvgIpc) is 2.38. The number of nitrogens with zero attached hydrogens (tertiary/aromatic N) is 1. The van der Waals surface area contributed by atoms with Crippen LogP contribution in [0.3, 0.4) is 0 Å². The van der Waals surface area contributed by atoms with Gasteiger partial charge in [-0.1, -0.05) is 0 Å². The number of sulfonamides is 1. The van der Waals surface area contributed by atoms with E-state index in [1.54, 1.807) is 19.2 Å². The smallest absolute Gasteiger partial charge is 0.242 e. The molecule has 1 saturated heterocycles. The summed E-state index contributed by atoms with van der Waals surface area (Å²) in [5.41, 5.74) is 7.07. The van der Waals surface area contributed by atoms with E-state index in [-0.39, 0.29) is 4.90 Å². The van der Waals surface area contributed by atoms with Gasteiger partial charge in [0.05, 0.1) is 4.90 Å². The lowest BCUT2D eigenvalue weighted by Crippen LogP contribution is -2.34. The first kappa shape index (κ1) is 15.3. The second-order valence-corrected chi connectivity index (χ2v) is 7.47. The van der Waals surface area contributed by atoms with Gasteiger partial charge in [-0.25, -0.2) is 12.7 Å². The van der Waals surface area contributed by atoms with E-state index in [0.29, 0.717) is 18.2 Å². The van der Waals surface area contributed by atoms with Crippen molar-refractivity contribution < 1.29 is 13.2 Å². The first-order chi connectivity index (χ1) is 9.39. The lowest BCUT2D eigenvalue weighted by Gasteiger charge is -2.26. The minimum absolute atomic E-state index is 0.268. The van der Waals surface area contributed by atoms with E-state index in [0.717, 1.165) is 31.6 Å². The van der Waals surface area contributed by atoms with Gasteiger partial charge in [0, 0.05) is 32.5 Å². The molecule has 0 amide bonds. The van der Waals surface area contributed by atoms with Gasteiger partial charge in [0.15, 0.2) is 0 Å². The SMILES string of the molecule is Cc1cc(N)cc(S(=O)(=O)N(C)CC2CCOCC2)c1. The molecule has 0 bridgehead atoms. The number of nitrogens with two attached hydrogens (primary N) is 1. The summed E-state index contributed by atoms with van der Waals surface area (Å²) in [5.74, 6) is 0.366. The van der Waals surface area contributed by atoms with Gasteiger partial charge in [0.25, 0.3) is 0 Å². The fourth-order valence-electron chi connectivity index (χ4n) is 2.50. The van der Waals surface area contributed by atoms with Gasteiger partial charge in [-0.3, -0.25) is 0 Å². The summed E-state index contributed by atoms with van der Waals surface area (Å²) in [6.45, 7) is 3.80. The Morgan fingerprint density at radius 3 is 2.55 bits per heavy atom. The molecule has 1 heterocycles. The number of ether oxygens (including phenoxy) is 1. The van der Waals surface area contributed by atoms with Crippen molar-refractivity contribution in [3.63, 3.8) is 0 Å². The normalized spacial score (nSPS) is 17.6. The number of rotatable bonds is 4. The summed E-state index contributed by atoms with van der Waals surface area (Å²) in [6.07, 6.45) is 1.83. The zero-order valence-corrected chi connectivity index (χ0v) is 12.8. The van der Waals surface area contributed by atoms with Crippen molar-refractivity contribution >= 4 is 15.7 Å². The molecule has 0 aliphatic carbocycles. The Morgan fingerprint density at radius 1 is 1.30 bits per heavy atom. The van der Waals surface area contributed by atoms with Gasteiger partial charge in [0.2, 0.25) is 10.0 Å². The molecular formula is C14H22N2O3S. The van der Waals surface area contributed by atoms with Gasteiger partial charge in [0.1, 0.15) is 0 Å². The molecule has 5 nitrogen and oxygen atoms in total. The van der Waals surface area contributed by atoms with E-state index in [1.807, 2.05) is 6.92 Å². The van der Waals surface area contributed by atoms with Crippen LogP contribution in [0.25, 0.3) is 0 Å². The fourth-order valence-corrected chi connectivity index (χ4v) is 3.88. The Bertz CT molecular complexity index is 546. The Hall–Kier alpha value is -1.11. The molecule has 1 fully saturated rings. The topological polar surface area (TPSA) is 72.6 Å². The lowest BCUT2D eigenvalue weighted by atomic mass is 10.0. The van der Waals surface area contributed by atoms with Crippen LogP contribution in [-0.4, -0.2) is 39.5 Å². The maximum atomic E-state index is 12.5. The van der Waals surface area contributed by atoms with Crippen LogP contribution in [0.1, 0.15) is 18.4 Å². The van der Waals surface area contributed by atoms with E-state index in [1.165, 1.54) is 10.4 Å². The van der Waals surface area contributed by atoms with E-state index in [2.05, 4.69) is 0 Å². The van der Waals surface area contributed by atoms with Crippen LogP contribution >= 0.6 is 0 Å². The molecule has 1 aromatic carbocycles. The average molecular weight is 298 g/mol. The van der Waals surface area contributed by atoms with Crippen molar-refractivity contribution in [1.29, 1.82) is 0 Å². The highest BCUT2D eigenvalue weighted by atomic mass is 32.2. The largest absolute Gasteiger partial charge is 0.399 e. The standard InChI is InChI=1S/C14H22N2O3S/c1-11-7-13(15)9-14(8-11)20(17,18)16(2)10-12-3-5-19-6-4-12/h7-9,12H,3-6,10,15H2,1-2H3. The van der Waals surface area contributed by atoms with Gasteiger partial charge in [-0.2, -0.15) is 0 Å². The predicted molar refractivity (Wildman–Crippen MR) is 79.0 cm³/mol. The zero-order valence-electron chi connectivity index (χ0n) is 12.0. The fraction of sp³-hybridized carbons (Fsp3) is 0.571. The van der Waals surface area contributed by atoms with E-state index in [9.17, 15) is 8.42 Å². The summed E-state index contributed by atoms with van der Waals surface area (Å²) >= 11 is 0. The van der Waals surface area contributed by atoms with Crippen LogP contribution < -0.4 is 5.73 Å². The molecule has 0 atom stereocenters. The molecule has 20 heavy (non-hydrogen) atoms. The molecule has 1 aliphatic heterocycles. The van der Waals surface area contributed by atoms with Crippen LogP contribution in [-0.2, 0) is 14.8 Å². The number of hydrogen-bond donors (Lipinski definition) is 1. The molecule has 2 rings (SSSR count). The second-order valence-electron chi connectivity index (χ2n) is 5.42. The number of aryl methyl sites for hydroxylation is 1. The maximum Gasteiger partial charge on any atom is 0.242 e. The monoisotopic (exact) mass is 298 g/mol. The molecule has 6 heteroatoms. The van der Waals surface area contributed by atoms with E-state index < -0.39 is 10.0 Å². The van der Waals surface area contributed by atoms with Crippen molar-refractivity contribution in [1.82, 2.24) is 4.31 Å². The van der Waals surface area contributed by atoms with Crippen LogP contribution in [0, 0.1) is 12.8 Å². The van der Waals surface area contributed by atoms with Crippen molar-refractivity contribution in [3.05, 3.63) is 23.8 Å². The highest BCUT2D eigenvalue weighted by molar-refractivity contribution is 7.89. The van der Waals surface area contributed by atoms with Gasteiger partial charge in [-0.05, 0) is 49.4 Å². The molecule has 0 aromatic heterocycles. The third kappa shape index (κ3) is 3.50. The molecule has 1 aliphatic rings. The minimum atomic E-state index is -3.47. The highest BCUT2D eigenvalue weighted by Crippen LogP contribution is 2.22. The molecule has 0 saturated carbocycles. The number of nitrogen functional groups attached to an aromatic ring is 1. The molecule has 2 N–H and O–H groups in total. The third-order valence-electron chi connectivity index (χ3n) is 3.64. The molecular weight excluding hydrogens is 276 g/mol. The highest BCUT2D eigenvalue weighted by Gasteiger charge is 2.25. The van der Waals surface area contributed by atoms with Gasteiger partial charge < -0.3 is 10.5 Å². The van der Waals surface area contributed by atoms with Crippen LogP contribution in [0.4, 0.5) is 5.69 Å². The molecule has 1 aromatic rings. The summed E-state index contributed by atoms with van der Waals surface area (Å²) in [7, 11) is -1.84. The van der Waals surface area contributed by atoms with Crippen molar-refractivity contribution in [3.8, 4) is 0 Å². The zero-order chi connectivity index (χ0) is 14.8. The molecule has 0 unspecified atom stereocenters. The van der Waals surface area contributed by atoms with Crippen LogP contribution in [0.15, 0.2) is 23.1 Å². The Labute approximate surface area is 120 Å². The molecule has 112 valence electrons. The summed E-state index contributed by atoms with van der Waals surface area (Å²) in [6, 6.07) is 4.94. The summed E-state index contributed by atoms with van der Waals surface area (Å²) < 4.78 is 31.8. The first-order valence-corrected chi connectivity index (χ1v) is 8.25. The van der Waals surface area contributed by atoms with Crippen molar-refractivity contribution in [2.45, 2.75) is 24.7 Å². The van der Waals surface area contributed by atoms with E-state index >= 15 is 0 Å². The Morgan fingerprint density at radius 2 is 1.95 bits per heavy atom. The van der Waals surface area contributed by atoms with Gasteiger partial charge >= 0.3 is 0 Å². The lowest BCUT2D eigenvalue weighted by molar-refractivity contribution is 0.0620. The number of anilines is 1. The Kier molecular flexibility index (Phi) is 4.67. The van der Waals surface area contributed by atoms with Gasteiger partial charge in [-0.15, -0.1) is 0 Å². The molecule has 0 radical (unpaired) electrons. The first-order valence-electron chi connectivity index (χ1n) is 6.81. The maximum absolute atomic E-state index is 12.5. The molecule has 0 spiro atoms. The third-order valence-corrected chi connectivity index (χ3v) is 5.44. The van der Waals surface area contributed by atoms with Crippen molar-refractivity contribution in [2.75, 3.05) is 32.5 Å². The quantitative estimate of drug-likeness (QED) is 0.857. The predicted octanol–water partition coefficient (Wildman–Crippen LogP) is 1.62. The van der Waals surface area contributed by atoms with Crippen molar-refractivity contribution in [2.24, 2.45) is 5.92 Å². The van der Waals surface area contributed by atoms with Crippen LogP contribution in [0.2, 0.25) is 0 Å².